The largest absolute Gasteiger partial charge is 0.309 e. The number of hydrogen-bond donors (Lipinski definition) is 1. The van der Waals surface area contributed by atoms with E-state index in [0.29, 0.717) is 6.04 Å². The van der Waals surface area contributed by atoms with Crippen molar-refractivity contribution >= 4 is 22.9 Å². The Morgan fingerprint density at radius 1 is 1.35 bits per heavy atom. The minimum Gasteiger partial charge on any atom is -0.309 e. The Hall–Kier alpha value is -0.900. The maximum absolute atomic E-state index is 5.84. The first-order valence-electron chi connectivity index (χ1n) is 5.62. The number of thiazole rings is 1. The van der Waals surface area contributed by atoms with Gasteiger partial charge in [-0.1, -0.05) is 23.7 Å². The Morgan fingerprint density at radius 2 is 2.12 bits per heavy atom. The molecule has 17 heavy (non-hydrogen) atoms. The molecule has 0 amide bonds. The molecule has 1 aromatic carbocycles. The van der Waals surface area contributed by atoms with E-state index in [0.717, 1.165) is 18.0 Å². The molecule has 2 nitrogen and oxygen atoms in total. The number of aromatic nitrogens is 1. The molecular formula is C13H15ClN2S. The van der Waals surface area contributed by atoms with Gasteiger partial charge in [0.25, 0.3) is 0 Å². The van der Waals surface area contributed by atoms with Crippen LogP contribution in [0, 0.1) is 0 Å². The van der Waals surface area contributed by atoms with Crippen molar-refractivity contribution in [2.45, 2.75) is 19.4 Å². The fourth-order valence-corrected chi connectivity index (χ4v) is 2.40. The van der Waals surface area contributed by atoms with Gasteiger partial charge in [-0.15, -0.1) is 11.3 Å². The van der Waals surface area contributed by atoms with Gasteiger partial charge in [-0.3, -0.25) is 4.98 Å². The summed E-state index contributed by atoms with van der Waals surface area (Å²) in [5.74, 6) is 0. The van der Waals surface area contributed by atoms with Gasteiger partial charge in [-0.05, 0) is 37.6 Å². The maximum atomic E-state index is 5.84. The standard InChI is InChI=1S/C13H15ClN2S/c1-10(13-8-15-9-17-13)16-7-6-11-2-4-12(14)5-3-11/h2-5,8-10,16H,6-7H2,1H3. The van der Waals surface area contributed by atoms with Crippen LogP contribution in [-0.4, -0.2) is 11.5 Å². The SMILES string of the molecule is CC(NCCc1ccc(Cl)cc1)c1cncs1. The van der Waals surface area contributed by atoms with Crippen LogP contribution in [0.2, 0.25) is 5.02 Å². The van der Waals surface area contributed by atoms with Crippen LogP contribution in [0.4, 0.5) is 0 Å². The van der Waals surface area contributed by atoms with E-state index in [2.05, 4.69) is 29.4 Å². The van der Waals surface area contributed by atoms with Gasteiger partial charge in [0.2, 0.25) is 0 Å². The molecular weight excluding hydrogens is 252 g/mol. The molecule has 0 aliphatic rings. The smallest absolute Gasteiger partial charge is 0.0794 e. The second-order valence-corrected chi connectivity index (χ2v) is 5.31. The number of benzene rings is 1. The fourth-order valence-electron chi connectivity index (χ4n) is 1.62. The van der Waals surface area contributed by atoms with Crippen molar-refractivity contribution in [3.05, 3.63) is 51.4 Å². The van der Waals surface area contributed by atoms with E-state index in [-0.39, 0.29) is 0 Å². The minimum absolute atomic E-state index is 0.370. The Labute approximate surface area is 111 Å². The molecule has 0 radical (unpaired) electrons. The third kappa shape index (κ3) is 3.80. The van der Waals surface area contributed by atoms with E-state index >= 15 is 0 Å². The van der Waals surface area contributed by atoms with Crippen LogP contribution in [0.5, 0.6) is 0 Å². The molecule has 2 rings (SSSR count). The summed E-state index contributed by atoms with van der Waals surface area (Å²) >= 11 is 7.53. The normalized spacial score (nSPS) is 12.6. The second kappa shape index (κ2) is 6.15. The molecule has 1 N–H and O–H groups in total. The summed E-state index contributed by atoms with van der Waals surface area (Å²) in [7, 11) is 0. The van der Waals surface area contributed by atoms with Crippen molar-refractivity contribution in [2.24, 2.45) is 0 Å². The fraction of sp³-hybridized carbons (Fsp3) is 0.308. The number of nitrogens with zero attached hydrogens (tertiary/aromatic N) is 1. The van der Waals surface area contributed by atoms with Crippen LogP contribution >= 0.6 is 22.9 Å². The van der Waals surface area contributed by atoms with Crippen LogP contribution in [0.3, 0.4) is 0 Å². The predicted molar refractivity (Wildman–Crippen MR) is 73.7 cm³/mol. The van der Waals surface area contributed by atoms with Gasteiger partial charge < -0.3 is 5.32 Å². The van der Waals surface area contributed by atoms with Crippen molar-refractivity contribution < 1.29 is 0 Å². The highest BCUT2D eigenvalue weighted by Crippen LogP contribution is 2.16. The highest BCUT2D eigenvalue weighted by atomic mass is 35.5. The summed E-state index contributed by atoms with van der Waals surface area (Å²) in [5.41, 5.74) is 3.17. The van der Waals surface area contributed by atoms with Gasteiger partial charge in [0, 0.05) is 22.1 Å². The van der Waals surface area contributed by atoms with Crippen molar-refractivity contribution in [1.82, 2.24) is 10.3 Å². The first-order chi connectivity index (χ1) is 8.25. The van der Waals surface area contributed by atoms with E-state index in [1.54, 1.807) is 11.3 Å². The summed E-state index contributed by atoms with van der Waals surface area (Å²) in [6.07, 6.45) is 2.94. The zero-order valence-corrected chi connectivity index (χ0v) is 11.3. The van der Waals surface area contributed by atoms with Gasteiger partial charge in [0.1, 0.15) is 0 Å². The molecule has 4 heteroatoms. The molecule has 2 aromatic rings. The Bertz CT molecular complexity index is 439. The van der Waals surface area contributed by atoms with Crippen LogP contribution in [0.15, 0.2) is 36.0 Å². The molecule has 1 heterocycles. The quantitative estimate of drug-likeness (QED) is 0.893. The first-order valence-corrected chi connectivity index (χ1v) is 6.87. The van der Waals surface area contributed by atoms with Gasteiger partial charge in [0.05, 0.1) is 5.51 Å². The average Bonchev–Trinajstić information content (AvgIpc) is 2.85. The number of halogens is 1. The number of hydrogen-bond acceptors (Lipinski definition) is 3. The summed E-state index contributed by atoms with van der Waals surface area (Å²) < 4.78 is 0. The molecule has 1 atom stereocenters. The Balaban J connectivity index is 1.78. The van der Waals surface area contributed by atoms with Crippen LogP contribution in [-0.2, 0) is 6.42 Å². The zero-order chi connectivity index (χ0) is 12.1. The molecule has 0 aliphatic carbocycles. The minimum atomic E-state index is 0.370. The molecule has 0 bridgehead atoms. The summed E-state index contributed by atoms with van der Waals surface area (Å²) in [6, 6.07) is 8.38. The van der Waals surface area contributed by atoms with E-state index in [4.69, 9.17) is 11.6 Å². The molecule has 0 saturated carbocycles. The number of rotatable bonds is 5. The molecule has 0 spiro atoms. The predicted octanol–water partition coefficient (Wildman–Crippen LogP) is 3.69. The van der Waals surface area contributed by atoms with Crippen LogP contribution < -0.4 is 5.32 Å². The summed E-state index contributed by atoms with van der Waals surface area (Å²) in [4.78, 5) is 5.36. The Kier molecular flexibility index (Phi) is 4.54. The van der Waals surface area contributed by atoms with Crippen LogP contribution in [0.1, 0.15) is 23.4 Å². The summed E-state index contributed by atoms with van der Waals surface area (Å²) in [6.45, 7) is 3.12. The van der Waals surface area contributed by atoms with Gasteiger partial charge in [-0.25, -0.2) is 0 Å². The summed E-state index contributed by atoms with van der Waals surface area (Å²) in [5, 5.41) is 4.28. The second-order valence-electron chi connectivity index (χ2n) is 3.96. The lowest BCUT2D eigenvalue weighted by atomic mass is 10.1. The zero-order valence-electron chi connectivity index (χ0n) is 9.69. The molecule has 0 aliphatic heterocycles. The third-order valence-corrected chi connectivity index (χ3v) is 3.87. The third-order valence-electron chi connectivity index (χ3n) is 2.66. The van der Waals surface area contributed by atoms with E-state index in [1.165, 1.54) is 10.4 Å². The maximum Gasteiger partial charge on any atom is 0.0794 e. The van der Waals surface area contributed by atoms with E-state index in [1.807, 2.05) is 23.8 Å². The van der Waals surface area contributed by atoms with E-state index in [9.17, 15) is 0 Å². The lowest BCUT2D eigenvalue weighted by molar-refractivity contribution is 0.584. The first kappa shape index (κ1) is 12.6. The molecule has 1 unspecified atom stereocenters. The van der Waals surface area contributed by atoms with E-state index < -0.39 is 0 Å². The molecule has 1 aromatic heterocycles. The van der Waals surface area contributed by atoms with Crippen molar-refractivity contribution in [1.29, 1.82) is 0 Å². The van der Waals surface area contributed by atoms with Gasteiger partial charge >= 0.3 is 0 Å². The monoisotopic (exact) mass is 266 g/mol. The molecule has 0 fully saturated rings. The highest BCUT2D eigenvalue weighted by molar-refractivity contribution is 7.09. The van der Waals surface area contributed by atoms with Crippen molar-refractivity contribution in [2.75, 3.05) is 6.54 Å². The Morgan fingerprint density at radius 3 is 2.76 bits per heavy atom. The molecule has 0 saturated heterocycles. The number of nitrogens with one attached hydrogen (secondary N) is 1. The lowest BCUT2D eigenvalue weighted by Crippen LogP contribution is -2.20. The average molecular weight is 267 g/mol. The highest BCUT2D eigenvalue weighted by Gasteiger charge is 2.05. The van der Waals surface area contributed by atoms with Gasteiger partial charge in [0.15, 0.2) is 0 Å². The van der Waals surface area contributed by atoms with Crippen molar-refractivity contribution in [3.63, 3.8) is 0 Å². The molecule has 90 valence electrons. The lowest BCUT2D eigenvalue weighted by Gasteiger charge is -2.11. The van der Waals surface area contributed by atoms with Gasteiger partial charge in [-0.2, -0.15) is 0 Å². The van der Waals surface area contributed by atoms with Crippen molar-refractivity contribution in [3.8, 4) is 0 Å². The van der Waals surface area contributed by atoms with Crippen LogP contribution in [0.25, 0.3) is 0 Å². The topological polar surface area (TPSA) is 24.9 Å².